The van der Waals surface area contributed by atoms with Gasteiger partial charge >= 0.3 is 27.0 Å². The topological polar surface area (TPSA) is 18.5 Å². The minimum atomic E-state index is 0.261. The zero-order valence-electron chi connectivity index (χ0n) is 8.83. The summed E-state index contributed by atoms with van der Waals surface area (Å²) >= 11 is 0.847. The van der Waals surface area contributed by atoms with Crippen LogP contribution in [0.1, 0.15) is 5.56 Å². The van der Waals surface area contributed by atoms with Gasteiger partial charge in [-0.25, -0.2) is 0 Å². The zero-order valence-corrected chi connectivity index (χ0v) is 12.6. The predicted molar refractivity (Wildman–Crippen MR) is 57.5 cm³/mol. The van der Waals surface area contributed by atoms with Gasteiger partial charge in [-0.05, 0) is 0 Å². The molecular formula is C11H13ClO2Zn. The van der Waals surface area contributed by atoms with Gasteiger partial charge in [0.25, 0.3) is 0 Å². The first-order valence-electron chi connectivity index (χ1n) is 4.37. The number of halogens is 1. The van der Waals surface area contributed by atoms with E-state index in [0.29, 0.717) is 5.75 Å². The average molecular weight is 278 g/mol. The Bertz CT molecular complexity index is 262. The van der Waals surface area contributed by atoms with Crippen molar-refractivity contribution in [1.29, 1.82) is 0 Å². The van der Waals surface area contributed by atoms with Crippen molar-refractivity contribution in [2.24, 2.45) is 0 Å². The molecule has 0 amide bonds. The first-order chi connectivity index (χ1) is 7.36. The van der Waals surface area contributed by atoms with Gasteiger partial charge in [-0.15, -0.1) is 18.7 Å². The van der Waals surface area contributed by atoms with Crippen LogP contribution in [0.2, 0.25) is 0 Å². The van der Waals surface area contributed by atoms with E-state index in [0.717, 1.165) is 23.7 Å². The molecule has 0 unspecified atom stereocenters. The van der Waals surface area contributed by atoms with Gasteiger partial charge in [-0.1, -0.05) is 12.5 Å². The van der Waals surface area contributed by atoms with E-state index >= 15 is 0 Å². The summed E-state index contributed by atoms with van der Waals surface area (Å²) in [4.78, 5) is 0. The quantitative estimate of drug-likeness (QED) is 0.357. The molecule has 0 aliphatic heterocycles. The van der Waals surface area contributed by atoms with Gasteiger partial charge in [0.2, 0.25) is 0 Å². The van der Waals surface area contributed by atoms with Crippen molar-refractivity contribution in [1.82, 2.24) is 0 Å². The molecule has 0 saturated heterocycles. The van der Waals surface area contributed by atoms with E-state index in [9.17, 15) is 0 Å². The molecule has 0 bridgehead atoms. The molecule has 4 heteroatoms. The van der Waals surface area contributed by atoms with Gasteiger partial charge in [0.05, 0.1) is 0 Å². The second-order valence-electron chi connectivity index (χ2n) is 2.60. The molecule has 0 spiro atoms. The Balaban J connectivity index is 0.000000921. The number of hydrogen-bond acceptors (Lipinski definition) is 2. The SMILES string of the molecule is C=CCc1c[c-]c(OCOC)cc1.[Cl][Zn+]. The van der Waals surface area contributed by atoms with E-state index in [1.54, 1.807) is 7.11 Å². The Labute approximate surface area is 105 Å². The minimum absolute atomic E-state index is 0.261. The second-order valence-corrected chi connectivity index (χ2v) is 2.60. The molecule has 15 heavy (non-hydrogen) atoms. The Hall–Kier alpha value is -0.367. The van der Waals surface area contributed by atoms with E-state index < -0.39 is 0 Å². The standard InChI is InChI=1S/C11H13O2.ClH.Zn/c1-3-4-10-5-7-11(8-6-10)13-9-12-2;;/h3,5-7H,1,4,9H2,2H3;1H;/q-1;;+2/p-1. The van der Waals surface area contributed by atoms with Crippen LogP contribution in [0.4, 0.5) is 0 Å². The van der Waals surface area contributed by atoms with Crippen LogP contribution in [-0.2, 0) is 28.5 Å². The molecule has 0 atom stereocenters. The van der Waals surface area contributed by atoms with Gasteiger partial charge in [0, 0.05) is 12.9 Å². The van der Waals surface area contributed by atoms with Gasteiger partial charge in [-0.3, -0.25) is 0 Å². The molecule has 0 radical (unpaired) electrons. The summed E-state index contributed by atoms with van der Waals surface area (Å²) in [7, 11) is 6.35. The van der Waals surface area contributed by atoms with Crippen LogP contribution in [0, 0.1) is 6.07 Å². The molecule has 0 heterocycles. The van der Waals surface area contributed by atoms with Gasteiger partial charge in [-0.2, -0.15) is 17.7 Å². The molecule has 0 N–H and O–H groups in total. The van der Waals surface area contributed by atoms with E-state index in [1.807, 2.05) is 24.3 Å². The van der Waals surface area contributed by atoms with Crippen molar-refractivity contribution in [3.05, 3.63) is 42.5 Å². The average Bonchev–Trinajstić information content (AvgIpc) is 2.31. The van der Waals surface area contributed by atoms with Crippen LogP contribution in [0.5, 0.6) is 5.75 Å². The zero-order chi connectivity index (χ0) is 11.5. The third kappa shape index (κ3) is 6.67. The molecule has 0 aromatic heterocycles. The monoisotopic (exact) mass is 276 g/mol. The molecule has 1 rings (SSSR count). The van der Waals surface area contributed by atoms with Crippen molar-refractivity contribution in [3.8, 4) is 5.75 Å². The number of allylic oxidation sites excluding steroid dienone is 1. The Morgan fingerprint density at radius 3 is 2.73 bits per heavy atom. The molecule has 0 fully saturated rings. The molecule has 0 aliphatic rings. The molecule has 1 aromatic carbocycles. The summed E-state index contributed by atoms with van der Waals surface area (Å²) in [5.74, 6) is 0.703. The molecule has 0 aliphatic carbocycles. The van der Waals surface area contributed by atoms with Crippen molar-refractivity contribution < 1.29 is 26.8 Å². The Morgan fingerprint density at radius 1 is 1.53 bits per heavy atom. The predicted octanol–water partition coefficient (Wildman–Crippen LogP) is 2.88. The van der Waals surface area contributed by atoms with E-state index in [1.165, 1.54) is 5.56 Å². The third-order valence-corrected chi connectivity index (χ3v) is 1.56. The van der Waals surface area contributed by atoms with Crippen LogP contribution in [0.25, 0.3) is 0 Å². The van der Waals surface area contributed by atoms with Crippen molar-refractivity contribution in [2.45, 2.75) is 6.42 Å². The Morgan fingerprint density at radius 2 is 2.27 bits per heavy atom. The summed E-state index contributed by atoms with van der Waals surface area (Å²) in [5.41, 5.74) is 1.18. The van der Waals surface area contributed by atoms with Crippen LogP contribution < -0.4 is 4.74 Å². The second kappa shape index (κ2) is 10.2. The molecule has 78 valence electrons. The van der Waals surface area contributed by atoms with Crippen molar-refractivity contribution in [2.75, 3.05) is 13.9 Å². The van der Waals surface area contributed by atoms with E-state index in [2.05, 4.69) is 12.6 Å². The number of ether oxygens (including phenoxy) is 2. The van der Waals surface area contributed by atoms with Crippen LogP contribution in [-0.4, -0.2) is 13.9 Å². The van der Waals surface area contributed by atoms with Crippen LogP contribution in [0.15, 0.2) is 30.9 Å². The summed E-state index contributed by atoms with van der Waals surface area (Å²) in [6, 6.07) is 8.76. The van der Waals surface area contributed by atoms with Crippen molar-refractivity contribution >= 4 is 9.69 Å². The number of hydrogen-bond donors (Lipinski definition) is 0. The third-order valence-electron chi connectivity index (χ3n) is 1.56. The summed E-state index contributed by atoms with van der Waals surface area (Å²) < 4.78 is 9.95. The van der Waals surface area contributed by atoms with Crippen LogP contribution in [0.3, 0.4) is 0 Å². The molecule has 2 nitrogen and oxygen atoms in total. The van der Waals surface area contributed by atoms with Crippen molar-refractivity contribution in [3.63, 3.8) is 0 Å². The summed E-state index contributed by atoms with van der Waals surface area (Å²) in [6.07, 6.45) is 2.72. The first-order valence-corrected chi connectivity index (χ1v) is 8.26. The van der Waals surface area contributed by atoms with Crippen LogP contribution >= 0.6 is 9.69 Å². The fourth-order valence-corrected chi connectivity index (χ4v) is 0.949. The number of benzene rings is 1. The normalized spacial score (nSPS) is 8.80. The fourth-order valence-electron chi connectivity index (χ4n) is 0.949. The number of rotatable bonds is 5. The molecule has 0 saturated carbocycles. The summed E-state index contributed by atoms with van der Waals surface area (Å²) in [6.45, 7) is 3.92. The maximum atomic E-state index is 5.18. The van der Waals surface area contributed by atoms with E-state index in [4.69, 9.17) is 19.2 Å². The van der Waals surface area contributed by atoms with E-state index in [-0.39, 0.29) is 6.79 Å². The summed E-state index contributed by atoms with van der Waals surface area (Å²) in [5, 5.41) is 0. The maximum absolute atomic E-state index is 5.18. The van der Waals surface area contributed by atoms with Gasteiger partial charge < -0.3 is 9.47 Å². The molecule has 1 aromatic rings. The van der Waals surface area contributed by atoms with Gasteiger partial charge in [0.15, 0.2) is 6.79 Å². The Kier molecular flexibility index (Phi) is 9.91. The molecular weight excluding hydrogens is 265 g/mol. The first kappa shape index (κ1) is 14.6. The van der Waals surface area contributed by atoms with Gasteiger partial charge in [0.1, 0.15) is 0 Å². The fraction of sp³-hybridized carbons (Fsp3) is 0.273. The number of methoxy groups -OCH3 is 1.